The molecule has 1 N–H and O–H groups in total. The minimum Gasteiger partial charge on any atom is -0.309 e. The first kappa shape index (κ1) is 20.1. The van der Waals surface area contributed by atoms with Crippen LogP contribution in [0.4, 0.5) is 0 Å². The molecular formula is C25H19N5OS. The van der Waals surface area contributed by atoms with Gasteiger partial charge >= 0.3 is 0 Å². The predicted molar refractivity (Wildman–Crippen MR) is 127 cm³/mol. The van der Waals surface area contributed by atoms with Crippen molar-refractivity contribution in [2.24, 2.45) is 0 Å². The molecule has 156 valence electrons. The molecule has 5 aromatic rings. The van der Waals surface area contributed by atoms with Crippen molar-refractivity contribution < 1.29 is 0 Å². The summed E-state index contributed by atoms with van der Waals surface area (Å²) in [6.45, 7) is 1.97. The van der Waals surface area contributed by atoms with Crippen LogP contribution in [0.15, 0.2) is 94.9 Å². The van der Waals surface area contributed by atoms with E-state index in [4.69, 9.17) is 4.98 Å². The Bertz CT molecular complexity index is 1440. The lowest BCUT2D eigenvalue weighted by atomic mass is 10.0. The fourth-order valence-corrected chi connectivity index (χ4v) is 4.23. The first-order valence-electron chi connectivity index (χ1n) is 10.2. The number of thioether (sulfide) groups is 1. The number of nitrogens with zero attached hydrogens (tertiary/aromatic N) is 4. The van der Waals surface area contributed by atoms with Gasteiger partial charge in [-0.1, -0.05) is 84.6 Å². The maximum absolute atomic E-state index is 12.4. The van der Waals surface area contributed by atoms with Crippen LogP contribution in [-0.4, -0.2) is 25.1 Å². The predicted octanol–water partition coefficient (Wildman–Crippen LogP) is 5.30. The monoisotopic (exact) mass is 437 g/mol. The van der Waals surface area contributed by atoms with Gasteiger partial charge in [-0.25, -0.2) is 9.97 Å². The summed E-state index contributed by atoms with van der Waals surface area (Å²) < 4.78 is 0. The minimum absolute atomic E-state index is 0.151. The van der Waals surface area contributed by atoms with Gasteiger partial charge in [-0.15, -0.1) is 10.2 Å². The van der Waals surface area contributed by atoms with Crippen molar-refractivity contribution in [2.45, 2.75) is 17.3 Å². The Morgan fingerprint density at radius 2 is 1.38 bits per heavy atom. The van der Waals surface area contributed by atoms with Crippen molar-refractivity contribution >= 4 is 22.7 Å². The third kappa shape index (κ3) is 4.02. The SMILES string of the molecule is CC(Sc1nnc(-c2ccccc2)c(-c2ccccc2)n1)c1nc2ccccc2c(=O)[nH]1. The molecule has 0 fully saturated rings. The van der Waals surface area contributed by atoms with Crippen LogP contribution >= 0.6 is 11.8 Å². The van der Waals surface area contributed by atoms with Crippen molar-refractivity contribution in [2.75, 3.05) is 0 Å². The van der Waals surface area contributed by atoms with E-state index in [1.165, 1.54) is 11.8 Å². The topological polar surface area (TPSA) is 84.4 Å². The average Bonchev–Trinajstić information content (AvgIpc) is 2.85. The fourth-order valence-electron chi connectivity index (χ4n) is 3.46. The van der Waals surface area contributed by atoms with Gasteiger partial charge in [0.15, 0.2) is 0 Å². The second-order valence-corrected chi connectivity index (χ2v) is 8.56. The van der Waals surface area contributed by atoms with E-state index in [0.29, 0.717) is 21.9 Å². The van der Waals surface area contributed by atoms with Gasteiger partial charge in [0.05, 0.1) is 16.2 Å². The number of fused-ring (bicyclic) bond motifs is 1. The average molecular weight is 438 g/mol. The summed E-state index contributed by atoms with van der Waals surface area (Å²) >= 11 is 1.41. The van der Waals surface area contributed by atoms with Crippen molar-refractivity contribution in [1.29, 1.82) is 0 Å². The second-order valence-electron chi connectivity index (χ2n) is 7.25. The van der Waals surface area contributed by atoms with Crippen LogP contribution in [0.3, 0.4) is 0 Å². The Morgan fingerprint density at radius 3 is 2.09 bits per heavy atom. The third-order valence-electron chi connectivity index (χ3n) is 5.06. The van der Waals surface area contributed by atoms with E-state index in [2.05, 4.69) is 20.2 Å². The molecule has 6 nitrogen and oxygen atoms in total. The molecule has 0 spiro atoms. The molecule has 1 atom stereocenters. The number of nitrogens with one attached hydrogen (secondary N) is 1. The van der Waals surface area contributed by atoms with E-state index in [9.17, 15) is 4.79 Å². The summed E-state index contributed by atoms with van der Waals surface area (Å²) in [5.41, 5.74) is 3.93. The number of para-hydroxylation sites is 1. The highest BCUT2D eigenvalue weighted by molar-refractivity contribution is 7.99. The first-order chi connectivity index (χ1) is 15.7. The van der Waals surface area contributed by atoms with Gasteiger partial charge in [-0.2, -0.15) is 0 Å². The summed E-state index contributed by atoms with van der Waals surface area (Å²) in [6.07, 6.45) is 0. The molecule has 5 rings (SSSR count). The van der Waals surface area contributed by atoms with Gasteiger partial charge < -0.3 is 4.98 Å². The molecule has 0 radical (unpaired) electrons. The van der Waals surface area contributed by atoms with Crippen LogP contribution in [0.5, 0.6) is 0 Å². The molecular weight excluding hydrogens is 418 g/mol. The van der Waals surface area contributed by atoms with Crippen LogP contribution < -0.4 is 5.56 Å². The number of benzene rings is 3. The summed E-state index contributed by atoms with van der Waals surface area (Å²) in [4.78, 5) is 24.8. The van der Waals surface area contributed by atoms with Gasteiger partial charge in [-0.3, -0.25) is 4.79 Å². The molecule has 1 unspecified atom stereocenters. The number of aromatic nitrogens is 5. The molecule has 3 aromatic carbocycles. The quantitative estimate of drug-likeness (QED) is 0.376. The Hall–Kier alpha value is -3.84. The lowest BCUT2D eigenvalue weighted by Crippen LogP contribution is -2.13. The molecule has 32 heavy (non-hydrogen) atoms. The van der Waals surface area contributed by atoms with Gasteiger partial charge in [0.2, 0.25) is 5.16 Å². The molecule has 0 bridgehead atoms. The Kier molecular flexibility index (Phi) is 5.47. The van der Waals surface area contributed by atoms with Crippen molar-refractivity contribution in [3.05, 3.63) is 101 Å². The summed E-state index contributed by atoms with van der Waals surface area (Å²) in [5.74, 6) is 0.579. The van der Waals surface area contributed by atoms with Gasteiger partial charge in [0, 0.05) is 11.1 Å². The van der Waals surface area contributed by atoms with Crippen molar-refractivity contribution in [3.63, 3.8) is 0 Å². The maximum Gasteiger partial charge on any atom is 0.258 e. The van der Waals surface area contributed by atoms with Crippen molar-refractivity contribution in [3.8, 4) is 22.5 Å². The lowest BCUT2D eigenvalue weighted by Gasteiger charge is -2.12. The molecule has 0 amide bonds. The van der Waals surface area contributed by atoms with Gasteiger partial charge in [0.1, 0.15) is 17.2 Å². The highest BCUT2D eigenvalue weighted by Crippen LogP contribution is 2.34. The van der Waals surface area contributed by atoms with Crippen LogP contribution in [0, 0.1) is 0 Å². The fraction of sp³-hybridized carbons (Fsp3) is 0.0800. The largest absolute Gasteiger partial charge is 0.309 e. The van der Waals surface area contributed by atoms with Crippen LogP contribution in [0.1, 0.15) is 18.0 Å². The number of H-pyrrole nitrogens is 1. The zero-order valence-corrected chi connectivity index (χ0v) is 18.1. The van der Waals surface area contributed by atoms with E-state index < -0.39 is 0 Å². The van der Waals surface area contributed by atoms with Crippen LogP contribution in [0.25, 0.3) is 33.4 Å². The first-order valence-corrected chi connectivity index (χ1v) is 11.1. The summed E-state index contributed by atoms with van der Waals surface area (Å²) in [7, 11) is 0. The highest BCUT2D eigenvalue weighted by Gasteiger charge is 2.18. The van der Waals surface area contributed by atoms with Crippen molar-refractivity contribution in [1.82, 2.24) is 25.1 Å². The Balaban J connectivity index is 1.52. The number of aromatic amines is 1. The molecule has 0 aliphatic heterocycles. The molecule has 2 aromatic heterocycles. The molecule has 7 heteroatoms. The Labute approximate surface area is 188 Å². The normalized spacial score (nSPS) is 12.0. The molecule has 0 saturated carbocycles. The van der Waals surface area contributed by atoms with Gasteiger partial charge in [-0.05, 0) is 19.1 Å². The summed E-state index contributed by atoms with van der Waals surface area (Å²) in [5, 5.41) is 9.82. The van der Waals surface area contributed by atoms with E-state index in [1.54, 1.807) is 6.07 Å². The zero-order valence-electron chi connectivity index (χ0n) is 17.3. The molecule has 0 aliphatic rings. The zero-order chi connectivity index (χ0) is 21.9. The van der Waals surface area contributed by atoms with Crippen LogP contribution in [0.2, 0.25) is 0 Å². The number of hydrogen-bond acceptors (Lipinski definition) is 6. The lowest BCUT2D eigenvalue weighted by molar-refractivity contribution is 0.837. The highest BCUT2D eigenvalue weighted by atomic mass is 32.2. The molecule has 2 heterocycles. The number of rotatable bonds is 5. The van der Waals surface area contributed by atoms with Crippen LogP contribution in [-0.2, 0) is 0 Å². The van der Waals surface area contributed by atoms with E-state index in [0.717, 1.165) is 22.5 Å². The number of hydrogen-bond donors (Lipinski definition) is 1. The standard InChI is InChI=1S/C25H19N5OS/c1-16(23-26-20-15-9-8-14-19(20)24(31)28-23)32-25-27-21(17-10-4-2-5-11-17)22(29-30-25)18-12-6-3-7-13-18/h2-16H,1H3,(H,26,28,31). The molecule has 0 aliphatic carbocycles. The maximum atomic E-state index is 12.4. The third-order valence-corrected chi connectivity index (χ3v) is 6.02. The minimum atomic E-state index is -0.166. The smallest absolute Gasteiger partial charge is 0.258 e. The van der Waals surface area contributed by atoms with E-state index in [1.807, 2.05) is 85.8 Å². The van der Waals surface area contributed by atoms with E-state index in [-0.39, 0.29) is 10.8 Å². The summed E-state index contributed by atoms with van der Waals surface area (Å²) in [6, 6.07) is 27.2. The second kappa shape index (κ2) is 8.72. The van der Waals surface area contributed by atoms with E-state index >= 15 is 0 Å². The van der Waals surface area contributed by atoms with Gasteiger partial charge in [0.25, 0.3) is 5.56 Å². The molecule has 0 saturated heterocycles. The Morgan fingerprint density at radius 1 is 0.750 bits per heavy atom.